The van der Waals surface area contributed by atoms with Crippen LogP contribution in [0, 0.1) is 0 Å². The van der Waals surface area contributed by atoms with E-state index in [1.54, 1.807) is 0 Å². The first-order valence-corrected chi connectivity index (χ1v) is 18.7. The Morgan fingerprint density at radius 3 is 1.36 bits per heavy atom. The number of nitrogens with zero attached hydrogens (tertiary/aromatic N) is 1. The largest absolute Gasteiger partial charge is 0.310 e. The molecule has 0 radical (unpaired) electrons. The number of benzene rings is 11. The van der Waals surface area contributed by atoms with Crippen LogP contribution in [0.3, 0.4) is 0 Å². The molecule has 0 saturated carbocycles. The molecule has 0 unspecified atom stereocenters. The molecule has 0 aliphatic rings. The van der Waals surface area contributed by atoms with Crippen LogP contribution in [0.25, 0.3) is 86.9 Å². The second-order valence-corrected chi connectivity index (χ2v) is 14.2. The van der Waals surface area contributed by atoms with E-state index in [1.165, 1.54) is 10.8 Å². The first-order chi connectivity index (χ1) is 28.9. The Kier molecular flexibility index (Phi) is 6.34. The van der Waals surface area contributed by atoms with E-state index in [1.807, 2.05) is 71.6 Å². The van der Waals surface area contributed by atoms with Crippen molar-refractivity contribution >= 4 is 81.7 Å². The lowest BCUT2D eigenvalue weighted by atomic mass is 9.92. The van der Waals surface area contributed by atoms with Gasteiger partial charge in [-0.15, -0.1) is 0 Å². The van der Waals surface area contributed by atoms with Crippen molar-refractivity contribution in [3.05, 3.63) is 212 Å². The van der Waals surface area contributed by atoms with Crippen LogP contribution in [0.5, 0.6) is 0 Å². The lowest BCUT2D eigenvalue weighted by Gasteiger charge is -2.27. The van der Waals surface area contributed by atoms with Crippen LogP contribution in [-0.2, 0) is 0 Å². The molecule has 0 bridgehead atoms. The van der Waals surface area contributed by atoms with Crippen molar-refractivity contribution < 1.29 is 5.48 Å². The van der Waals surface area contributed by atoms with Gasteiger partial charge in [0.15, 0.2) is 0 Å². The topological polar surface area (TPSA) is 3.24 Å². The molecule has 0 saturated heterocycles. The van der Waals surface area contributed by atoms with E-state index >= 15 is 0 Å². The second-order valence-electron chi connectivity index (χ2n) is 14.2. The number of rotatable bonds is 5. The molecule has 1 heteroatoms. The molecule has 11 rings (SSSR count). The lowest BCUT2D eigenvalue weighted by Crippen LogP contribution is -2.10. The number of hydrogen-bond donors (Lipinski definition) is 0. The molecule has 0 N–H and O–H groups in total. The summed E-state index contributed by atoms with van der Waals surface area (Å²) in [5, 5.41) is 13.0. The van der Waals surface area contributed by atoms with Crippen molar-refractivity contribution in [3.63, 3.8) is 0 Å². The van der Waals surface area contributed by atoms with Gasteiger partial charge in [0.2, 0.25) is 0 Å². The standard InChI is InChI=1S/C54H35N/c1-4-17-45-36(12-1)24-25-41-33-44(30-31-48(41)45)55(42-28-26-37(27-29-42)53-34-39-13-2-5-18-46(39)49-20-7-9-22-51(49)53)43-16-11-15-38(32-43)54-35-40-14-3-6-19-47(40)50-21-8-10-23-52(50)54/h1-35H/i26D,27D,28D,29D. The van der Waals surface area contributed by atoms with E-state index in [2.05, 4.69) is 121 Å². The molecule has 55 heavy (non-hydrogen) atoms. The molecule has 256 valence electrons. The summed E-state index contributed by atoms with van der Waals surface area (Å²) in [7, 11) is 0. The van der Waals surface area contributed by atoms with Gasteiger partial charge in [0.1, 0.15) is 0 Å². The van der Waals surface area contributed by atoms with Gasteiger partial charge in [0, 0.05) is 17.1 Å². The van der Waals surface area contributed by atoms with Crippen molar-refractivity contribution in [1.29, 1.82) is 0 Å². The average molecular weight is 702 g/mol. The summed E-state index contributed by atoms with van der Waals surface area (Å²) in [5.74, 6) is 0. The summed E-state index contributed by atoms with van der Waals surface area (Å²) in [4.78, 5) is 1.91. The Bertz CT molecular complexity index is 3490. The Morgan fingerprint density at radius 2 is 0.727 bits per heavy atom. The normalized spacial score (nSPS) is 12.7. The third-order valence-electron chi connectivity index (χ3n) is 11.0. The van der Waals surface area contributed by atoms with Gasteiger partial charge in [-0.25, -0.2) is 0 Å². The van der Waals surface area contributed by atoms with Gasteiger partial charge < -0.3 is 4.90 Å². The molecule has 0 amide bonds. The van der Waals surface area contributed by atoms with E-state index in [4.69, 9.17) is 0 Å². The maximum Gasteiger partial charge on any atom is 0.0645 e. The first-order valence-electron chi connectivity index (χ1n) is 20.7. The number of fused-ring (bicyclic) bond motifs is 9. The van der Waals surface area contributed by atoms with Crippen LogP contribution in [0.2, 0.25) is 0 Å². The summed E-state index contributed by atoms with van der Waals surface area (Å²) < 4.78 is 38.9. The molecule has 0 atom stereocenters. The molecule has 0 fully saturated rings. The van der Waals surface area contributed by atoms with E-state index < -0.39 is 0 Å². The minimum atomic E-state index is -0.113. The van der Waals surface area contributed by atoms with E-state index in [0.717, 1.165) is 76.4 Å². The van der Waals surface area contributed by atoms with Crippen LogP contribution in [-0.4, -0.2) is 0 Å². The Labute approximate surface area is 325 Å². The minimum Gasteiger partial charge on any atom is -0.310 e. The highest BCUT2D eigenvalue weighted by Gasteiger charge is 2.17. The van der Waals surface area contributed by atoms with Crippen LogP contribution >= 0.6 is 0 Å². The van der Waals surface area contributed by atoms with E-state index in [-0.39, 0.29) is 35.4 Å². The number of anilines is 3. The Balaban J connectivity index is 1.17. The Morgan fingerprint density at radius 1 is 0.273 bits per heavy atom. The molecule has 0 aromatic heterocycles. The Hall–Kier alpha value is -7.22. The van der Waals surface area contributed by atoms with Crippen LogP contribution in [0.15, 0.2) is 212 Å². The molecule has 0 spiro atoms. The quantitative estimate of drug-likeness (QED) is 0.162. The average Bonchev–Trinajstić information content (AvgIpc) is 3.29. The highest BCUT2D eigenvalue weighted by Crippen LogP contribution is 2.42. The van der Waals surface area contributed by atoms with Gasteiger partial charge in [-0.3, -0.25) is 0 Å². The van der Waals surface area contributed by atoms with Gasteiger partial charge in [-0.1, -0.05) is 164 Å². The monoisotopic (exact) mass is 701 g/mol. The molecule has 11 aromatic carbocycles. The van der Waals surface area contributed by atoms with E-state index in [9.17, 15) is 5.48 Å². The fourth-order valence-electron chi connectivity index (χ4n) is 8.47. The van der Waals surface area contributed by atoms with Crippen molar-refractivity contribution in [2.24, 2.45) is 0 Å². The molecule has 1 nitrogen and oxygen atoms in total. The molecule has 0 aliphatic carbocycles. The molecule has 11 aromatic rings. The van der Waals surface area contributed by atoms with E-state index in [0.29, 0.717) is 5.56 Å². The summed E-state index contributed by atoms with van der Waals surface area (Å²) >= 11 is 0. The lowest BCUT2D eigenvalue weighted by molar-refractivity contribution is 1.29. The molecule has 0 aliphatic heterocycles. The molecule has 0 heterocycles. The summed E-state index contributed by atoms with van der Waals surface area (Å²) in [6.45, 7) is 0. The second kappa shape index (κ2) is 12.7. The molecular formula is C54H35N. The van der Waals surface area contributed by atoms with Crippen molar-refractivity contribution in [2.75, 3.05) is 4.90 Å². The SMILES string of the molecule is [2H]c1c([2H])c(N(c2cccc(-c3cc4ccccc4c4ccccc34)c2)c2ccc3c(ccc4ccccc43)c2)c([2H])c([2H])c1-c1cc2ccccc2c2ccccc12. The smallest absolute Gasteiger partial charge is 0.0645 e. The van der Waals surface area contributed by atoms with Crippen LogP contribution in [0.1, 0.15) is 5.48 Å². The van der Waals surface area contributed by atoms with Gasteiger partial charge >= 0.3 is 0 Å². The highest BCUT2D eigenvalue weighted by molar-refractivity contribution is 6.15. The highest BCUT2D eigenvalue weighted by atomic mass is 15.1. The van der Waals surface area contributed by atoms with Crippen molar-refractivity contribution in [1.82, 2.24) is 0 Å². The third-order valence-corrected chi connectivity index (χ3v) is 11.0. The molecular weight excluding hydrogens is 663 g/mol. The predicted molar refractivity (Wildman–Crippen MR) is 237 cm³/mol. The third kappa shape index (κ3) is 5.24. The van der Waals surface area contributed by atoms with Crippen LogP contribution < -0.4 is 4.90 Å². The summed E-state index contributed by atoms with van der Waals surface area (Å²) in [5.41, 5.74) is 4.67. The summed E-state index contributed by atoms with van der Waals surface area (Å²) in [6.07, 6.45) is 0. The van der Waals surface area contributed by atoms with Crippen molar-refractivity contribution in [3.8, 4) is 22.3 Å². The van der Waals surface area contributed by atoms with Gasteiger partial charge in [0.25, 0.3) is 0 Å². The zero-order valence-corrected chi connectivity index (χ0v) is 29.8. The number of hydrogen-bond acceptors (Lipinski definition) is 1. The first kappa shape index (κ1) is 27.4. The zero-order chi connectivity index (χ0) is 39.8. The van der Waals surface area contributed by atoms with Gasteiger partial charge in [-0.2, -0.15) is 0 Å². The summed E-state index contributed by atoms with van der Waals surface area (Å²) in [6, 6.07) is 63.9. The maximum atomic E-state index is 9.78. The van der Waals surface area contributed by atoms with Crippen LogP contribution in [0.4, 0.5) is 17.1 Å². The fourth-order valence-corrected chi connectivity index (χ4v) is 8.47. The van der Waals surface area contributed by atoms with Gasteiger partial charge in [0.05, 0.1) is 5.48 Å². The van der Waals surface area contributed by atoms with Crippen molar-refractivity contribution in [2.45, 2.75) is 0 Å². The fraction of sp³-hybridized carbons (Fsp3) is 0. The maximum absolute atomic E-state index is 9.78. The minimum absolute atomic E-state index is 0.0881. The zero-order valence-electron chi connectivity index (χ0n) is 33.8. The van der Waals surface area contributed by atoms with Gasteiger partial charge in [-0.05, 0) is 135 Å². The predicted octanol–water partition coefficient (Wildman–Crippen LogP) is 15.4.